The molecular formula is C22H22ClNO2. The molecular weight excluding hydrogens is 346 g/mol. The number of hydrogen-bond donors (Lipinski definition) is 1. The van der Waals surface area contributed by atoms with Gasteiger partial charge in [0.25, 0.3) is 0 Å². The number of para-hydroxylation sites is 1. The molecule has 1 aliphatic rings. The zero-order valence-corrected chi connectivity index (χ0v) is 15.3. The van der Waals surface area contributed by atoms with E-state index in [9.17, 15) is 0 Å². The molecule has 134 valence electrons. The van der Waals surface area contributed by atoms with E-state index in [1.807, 2.05) is 36.4 Å². The quantitative estimate of drug-likeness (QED) is 0.646. The van der Waals surface area contributed by atoms with Crippen LogP contribution in [0, 0.1) is 0 Å². The Morgan fingerprint density at radius 1 is 0.731 bits per heavy atom. The van der Waals surface area contributed by atoms with Gasteiger partial charge in [-0.3, -0.25) is 0 Å². The van der Waals surface area contributed by atoms with E-state index >= 15 is 0 Å². The van der Waals surface area contributed by atoms with Crippen molar-refractivity contribution in [1.82, 2.24) is 0 Å². The van der Waals surface area contributed by atoms with E-state index in [2.05, 4.69) is 41.7 Å². The fourth-order valence-corrected chi connectivity index (χ4v) is 2.95. The number of ether oxygens (including phenoxy) is 2. The van der Waals surface area contributed by atoms with Crippen molar-refractivity contribution in [3.8, 4) is 11.5 Å². The van der Waals surface area contributed by atoms with Gasteiger partial charge in [-0.1, -0.05) is 42.5 Å². The summed E-state index contributed by atoms with van der Waals surface area (Å²) in [5.74, 6) is 1.82. The standard InChI is InChI=1S/C22H21NO2.ClH/c1-2-4-20(5-3-1)24-15-17-6-8-18(9-7-17)16-25-21-10-11-22-19(14-21)12-13-23-22;/h1-11,14,23H,12-13,15-16H2;1H. The molecule has 0 spiro atoms. The minimum absolute atomic E-state index is 0. The number of fused-ring (bicyclic) bond motifs is 1. The third kappa shape index (κ3) is 4.50. The normalized spacial score (nSPS) is 11.8. The van der Waals surface area contributed by atoms with Gasteiger partial charge in [-0.25, -0.2) is 0 Å². The van der Waals surface area contributed by atoms with Crippen LogP contribution in [0.4, 0.5) is 5.69 Å². The van der Waals surface area contributed by atoms with Crippen molar-refractivity contribution in [3.05, 3.63) is 89.5 Å². The molecule has 0 fully saturated rings. The Balaban J connectivity index is 0.00000196. The first-order chi connectivity index (χ1) is 12.4. The van der Waals surface area contributed by atoms with Crippen LogP contribution in [0.1, 0.15) is 16.7 Å². The molecule has 3 aromatic rings. The van der Waals surface area contributed by atoms with Crippen LogP contribution >= 0.6 is 12.4 Å². The fraction of sp³-hybridized carbons (Fsp3) is 0.182. The zero-order chi connectivity index (χ0) is 16.9. The lowest BCUT2D eigenvalue weighted by Crippen LogP contribution is -1.98. The van der Waals surface area contributed by atoms with Crippen molar-refractivity contribution in [2.45, 2.75) is 19.6 Å². The molecule has 3 nitrogen and oxygen atoms in total. The number of anilines is 1. The Morgan fingerprint density at radius 3 is 2.08 bits per heavy atom. The van der Waals surface area contributed by atoms with E-state index in [0.29, 0.717) is 13.2 Å². The van der Waals surface area contributed by atoms with E-state index in [1.54, 1.807) is 0 Å². The fourth-order valence-electron chi connectivity index (χ4n) is 2.95. The molecule has 0 saturated heterocycles. The van der Waals surface area contributed by atoms with E-state index in [-0.39, 0.29) is 12.4 Å². The Labute approximate surface area is 160 Å². The number of benzene rings is 3. The molecule has 0 amide bonds. The largest absolute Gasteiger partial charge is 0.489 e. The van der Waals surface area contributed by atoms with Crippen molar-refractivity contribution < 1.29 is 9.47 Å². The Hall–Kier alpha value is -2.65. The van der Waals surface area contributed by atoms with Crippen LogP contribution in [-0.2, 0) is 19.6 Å². The van der Waals surface area contributed by atoms with E-state index in [0.717, 1.165) is 35.6 Å². The topological polar surface area (TPSA) is 30.5 Å². The van der Waals surface area contributed by atoms with Crippen LogP contribution in [0.2, 0.25) is 0 Å². The number of nitrogens with one attached hydrogen (secondary N) is 1. The van der Waals surface area contributed by atoms with E-state index < -0.39 is 0 Å². The molecule has 4 heteroatoms. The lowest BCUT2D eigenvalue weighted by molar-refractivity contribution is 0.302. The summed E-state index contributed by atoms with van der Waals surface area (Å²) in [6.07, 6.45) is 1.07. The smallest absolute Gasteiger partial charge is 0.120 e. The monoisotopic (exact) mass is 367 g/mol. The van der Waals surface area contributed by atoms with Crippen LogP contribution in [0.25, 0.3) is 0 Å². The lowest BCUT2D eigenvalue weighted by Gasteiger charge is -2.09. The highest BCUT2D eigenvalue weighted by Crippen LogP contribution is 2.27. The van der Waals surface area contributed by atoms with Gasteiger partial charge in [-0.05, 0) is 53.4 Å². The summed E-state index contributed by atoms with van der Waals surface area (Å²) in [7, 11) is 0. The van der Waals surface area contributed by atoms with Gasteiger partial charge in [0.1, 0.15) is 24.7 Å². The maximum absolute atomic E-state index is 5.93. The molecule has 1 aliphatic heterocycles. The molecule has 0 unspecified atom stereocenters. The Morgan fingerprint density at radius 2 is 1.38 bits per heavy atom. The minimum atomic E-state index is 0. The summed E-state index contributed by atoms with van der Waals surface area (Å²) in [5.41, 5.74) is 4.87. The van der Waals surface area contributed by atoms with Gasteiger partial charge < -0.3 is 14.8 Å². The predicted octanol–water partition coefficient (Wildman–Crippen LogP) is 5.23. The summed E-state index contributed by atoms with van der Waals surface area (Å²) in [6.45, 7) is 2.17. The predicted molar refractivity (Wildman–Crippen MR) is 107 cm³/mol. The van der Waals surface area contributed by atoms with Crippen LogP contribution in [0.3, 0.4) is 0 Å². The highest BCUT2D eigenvalue weighted by Gasteiger charge is 2.10. The summed E-state index contributed by atoms with van der Waals surface area (Å²) in [5, 5.41) is 3.36. The SMILES string of the molecule is Cl.c1ccc(OCc2ccc(COc3ccc4c(c3)CCN4)cc2)cc1. The Bertz CT molecular complexity index is 835. The summed E-state index contributed by atoms with van der Waals surface area (Å²) in [6, 6.07) is 24.5. The van der Waals surface area contributed by atoms with Crippen molar-refractivity contribution in [2.24, 2.45) is 0 Å². The molecule has 1 N–H and O–H groups in total. The summed E-state index contributed by atoms with van der Waals surface area (Å²) in [4.78, 5) is 0. The third-order valence-corrected chi connectivity index (χ3v) is 4.36. The molecule has 0 saturated carbocycles. The van der Waals surface area contributed by atoms with Gasteiger partial charge >= 0.3 is 0 Å². The highest BCUT2D eigenvalue weighted by molar-refractivity contribution is 5.85. The molecule has 4 rings (SSSR count). The highest BCUT2D eigenvalue weighted by atomic mass is 35.5. The molecule has 0 bridgehead atoms. The molecule has 0 atom stereocenters. The van der Waals surface area contributed by atoms with Crippen LogP contribution < -0.4 is 14.8 Å². The van der Waals surface area contributed by atoms with Crippen molar-refractivity contribution >= 4 is 18.1 Å². The van der Waals surface area contributed by atoms with Crippen LogP contribution in [0.15, 0.2) is 72.8 Å². The van der Waals surface area contributed by atoms with Crippen molar-refractivity contribution in [1.29, 1.82) is 0 Å². The van der Waals surface area contributed by atoms with Gasteiger partial charge in [0.2, 0.25) is 0 Å². The van der Waals surface area contributed by atoms with E-state index in [1.165, 1.54) is 11.3 Å². The third-order valence-electron chi connectivity index (χ3n) is 4.36. The van der Waals surface area contributed by atoms with Crippen molar-refractivity contribution in [3.63, 3.8) is 0 Å². The average Bonchev–Trinajstić information content (AvgIpc) is 3.14. The Kier molecular flexibility index (Phi) is 6.03. The molecule has 1 heterocycles. The maximum atomic E-state index is 5.93. The second-order valence-corrected chi connectivity index (χ2v) is 6.20. The van der Waals surface area contributed by atoms with Gasteiger partial charge in [0, 0.05) is 12.2 Å². The second-order valence-electron chi connectivity index (χ2n) is 6.20. The van der Waals surface area contributed by atoms with Crippen molar-refractivity contribution in [2.75, 3.05) is 11.9 Å². The number of hydrogen-bond acceptors (Lipinski definition) is 3. The summed E-state index contributed by atoms with van der Waals surface area (Å²) >= 11 is 0. The van der Waals surface area contributed by atoms with Gasteiger partial charge in [-0.2, -0.15) is 0 Å². The van der Waals surface area contributed by atoms with Crippen LogP contribution in [0.5, 0.6) is 11.5 Å². The van der Waals surface area contributed by atoms with Gasteiger partial charge in [-0.15, -0.1) is 12.4 Å². The lowest BCUT2D eigenvalue weighted by atomic mass is 10.1. The summed E-state index contributed by atoms with van der Waals surface area (Å²) < 4.78 is 11.7. The molecule has 3 aromatic carbocycles. The van der Waals surface area contributed by atoms with E-state index in [4.69, 9.17) is 9.47 Å². The van der Waals surface area contributed by atoms with Gasteiger partial charge in [0.15, 0.2) is 0 Å². The molecule has 26 heavy (non-hydrogen) atoms. The minimum Gasteiger partial charge on any atom is -0.489 e. The maximum Gasteiger partial charge on any atom is 0.120 e. The first kappa shape index (κ1) is 18.2. The molecule has 0 aliphatic carbocycles. The molecule has 0 aromatic heterocycles. The zero-order valence-electron chi connectivity index (χ0n) is 14.5. The number of halogens is 1. The first-order valence-electron chi connectivity index (χ1n) is 8.62. The van der Waals surface area contributed by atoms with Gasteiger partial charge in [0.05, 0.1) is 0 Å². The molecule has 0 radical (unpaired) electrons. The first-order valence-corrected chi connectivity index (χ1v) is 8.62. The second kappa shape index (κ2) is 8.63. The number of rotatable bonds is 6. The average molecular weight is 368 g/mol. The van der Waals surface area contributed by atoms with Crippen LogP contribution in [-0.4, -0.2) is 6.54 Å².